The van der Waals surface area contributed by atoms with Gasteiger partial charge in [-0.05, 0) is 19.1 Å². The number of rotatable bonds is 6. The van der Waals surface area contributed by atoms with Gasteiger partial charge in [0.1, 0.15) is 11.3 Å². The summed E-state index contributed by atoms with van der Waals surface area (Å²) in [5.74, 6) is -0.910. The number of anilines is 1. The molecule has 0 aliphatic rings. The molecule has 20 heavy (non-hydrogen) atoms. The van der Waals surface area contributed by atoms with E-state index in [9.17, 15) is 9.59 Å². The highest BCUT2D eigenvalue weighted by atomic mass is 16.5. The SMILES string of the molecule is COc1cc(NC(=O)NCC(C)OC)ccc1C(=O)O. The number of benzene rings is 1. The summed E-state index contributed by atoms with van der Waals surface area (Å²) >= 11 is 0. The summed E-state index contributed by atoms with van der Waals surface area (Å²) in [5, 5.41) is 14.2. The van der Waals surface area contributed by atoms with Crippen LogP contribution in [0.25, 0.3) is 0 Å². The molecule has 0 saturated carbocycles. The highest BCUT2D eigenvalue weighted by Crippen LogP contribution is 2.23. The van der Waals surface area contributed by atoms with Gasteiger partial charge in [-0.3, -0.25) is 0 Å². The molecule has 1 rings (SSSR count). The normalized spacial score (nSPS) is 11.6. The van der Waals surface area contributed by atoms with Gasteiger partial charge in [-0.25, -0.2) is 9.59 Å². The first-order valence-electron chi connectivity index (χ1n) is 5.97. The van der Waals surface area contributed by atoms with Gasteiger partial charge in [0, 0.05) is 25.4 Å². The van der Waals surface area contributed by atoms with Crippen molar-refractivity contribution in [3.63, 3.8) is 0 Å². The van der Waals surface area contributed by atoms with Gasteiger partial charge in [0.25, 0.3) is 0 Å². The topological polar surface area (TPSA) is 96.9 Å². The minimum absolute atomic E-state index is 0.0338. The first-order chi connectivity index (χ1) is 9.47. The fraction of sp³-hybridized carbons (Fsp3) is 0.385. The molecule has 7 heteroatoms. The molecule has 1 unspecified atom stereocenters. The van der Waals surface area contributed by atoms with Gasteiger partial charge in [-0.2, -0.15) is 0 Å². The Hall–Kier alpha value is -2.28. The molecule has 1 aromatic rings. The summed E-state index contributed by atoms with van der Waals surface area (Å²) < 4.78 is 9.97. The number of carboxylic acid groups (broad SMARTS) is 1. The van der Waals surface area contributed by atoms with Crippen molar-refractivity contribution in [2.75, 3.05) is 26.1 Å². The minimum atomic E-state index is -1.09. The van der Waals surface area contributed by atoms with Crippen LogP contribution in [0, 0.1) is 0 Å². The number of aromatic carboxylic acids is 1. The Morgan fingerprint density at radius 2 is 2.05 bits per heavy atom. The van der Waals surface area contributed by atoms with Crippen molar-refractivity contribution in [2.45, 2.75) is 13.0 Å². The molecule has 3 N–H and O–H groups in total. The third kappa shape index (κ3) is 4.43. The lowest BCUT2D eigenvalue weighted by atomic mass is 10.2. The van der Waals surface area contributed by atoms with E-state index in [1.54, 1.807) is 7.11 Å². The Morgan fingerprint density at radius 3 is 2.60 bits per heavy atom. The molecule has 7 nitrogen and oxygen atoms in total. The predicted octanol–water partition coefficient (Wildman–Crippen LogP) is 1.55. The zero-order chi connectivity index (χ0) is 15.1. The molecule has 0 aliphatic carbocycles. The van der Waals surface area contributed by atoms with Crippen LogP contribution in [0.1, 0.15) is 17.3 Å². The van der Waals surface area contributed by atoms with Crippen molar-refractivity contribution >= 4 is 17.7 Å². The summed E-state index contributed by atoms with van der Waals surface area (Å²) in [6, 6.07) is 3.90. The van der Waals surface area contributed by atoms with Crippen molar-refractivity contribution < 1.29 is 24.2 Å². The molecule has 1 aromatic carbocycles. The van der Waals surface area contributed by atoms with E-state index in [1.165, 1.54) is 25.3 Å². The molecule has 0 saturated heterocycles. The maximum Gasteiger partial charge on any atom is 0.339 e. The van der Waals surface area contributed by atoms with Crippen molar-refractivity contribution in [1.82, 2.24) is 5.32 Å². The number of carboxylic acids is 1. The molecule has 0 spiro atoms. The molecule has 110 valence electrons. The van der Waals surface area contributed by atoms with E-state index in [2.05, 4.69) is 10.6 Å². The van der Waals surface area contributed by atoms with Crippen LogP contribution in [0.4, 0.5) is 10.5 Å². The molecule has 0 radical (unpaired) electrons. The molecule has 0 aromatic heterocycles. The second kappa shape index (κ2) is 7.34. The lowest BCUT2D eigenvalue weighted by Crippen LogP contribution is -2.34. The highest BCUT2D eigenvalue weighted by Gasteiger charge is 2.12. The molecule has 2 amide bonds. The monoisotopic (exact) mass is 282 g/mol. The van der Waals surface area contributed by atoms with E-state index >= 15 is 0 Å². The molecule has 1 atom stereocenters. The largest absolute Gasteiger partial charge is 0.496 e. The standard InChI is InChI=1S/C13H18N2O5/c1-8(19-2)7-14-13(18)15-9-4-5-10(12(16)17)11(6-9)20-3/h4-6,8H,7H2,1-3H3,(H,16,17)(H2,14,15,18). The summed E-state index contributed by atoms with van der Waals surface area (Å²) in [7, 11) is 2.92. The number of methoxy groups -OCH3 is 2. The third-order valence-corrected chi connectivity index (χ3v) is 2.64. The van der Waals surface area contributed by atoms with E-state index in [1.807, 2.05) is 6.92 Å². The van der Waals surface area contributed by atoms with E-state index < -0.39 is 12.0 Å². The highest BCUT2D eigenvalue weighted by molar-refractivity contribution is 5.94. The first-order valence-corrected chi connectivity index (χ1v) is 5.97. The van der Waals surface area contributed by atoms with Crippen molar-refractivity contribution in [1.29, 1.82) is 0 Å². The maximum absolute atomic E-state index is 11.6. The Balaban J connectivity index is 2.69. The van der Waals surface area contributed by atoms with Crippen LogP contribution in [0.15, 0.2) is 18.2 Å². The Bertz CT molecular complexity index is 490. The molecule has 0 heterocycles. The number of amides is 2. The third-order valence-electron chi connectivity index (χ3n) is 2.64. The van der Waals surface area contributed by atoms with Crippen molar-refractivity contribution in [3.8, 4) is 5.75 Å². The summed E-state index contributed by atoms with van der Waals surface area (Å²) in [5.41, 5.74) is 0.473. The van der Waals surface area contributed by atoms with Crippen molar-refractivity contribution in [2.24, 2.45) is 0 Å². The average molecular weight is 282 g/mol. The second-order valence-electron chi connectivity index (χ2n) is 4.10. The molecular formula is C13H18N2O5. The fourth-order valence-electron chi connectivity index (χ4n) is 1.44. The number of hydrogen-bond acceptors (Lipinski definition) is 4. The first kappa shape index (κ1) is 15.8. The van der Waals surface area contributed by atoms with E-state index in [4.69, 9.17) is 14.6 Å². The van der Waals surface area contributed by atoms with Gasteiger partial charge in [0.05, 0.1) is 13.2 Å². The zero-order valence-electron chi connectivity index (χ0n) is 11.6. The quantitative estimate of drug-likeness (QED) is 0.735. The van der Waals surface area contributed by atoms with Crippen LogP contribution in [0.3, 0.4) is 0 Å². The van der Waals surface area contributed by atoms with Gasteiger partial charge >= 0.3 is 12.0 Å². The van der Waals surface area contributed by atoms with Gasteiger partial charge in [-0.1, -0.05) is 0 Å². The second-order valence-corrected chi connectivity index (χ2v) is 4.10. The Morgan fingerprint density at radius 1 is 1.35 bits per heavy atom. The lowest BCUT2D eigenvalue weighted by Gasteiger charge is -2.12. The summed E-state index contributed by atoms with van der Waals surface area (Å²) in [4.78, 5) is 22.5. The number of hydrogen-bond donors (Lipinski definition) is 3. The molecule has 0 fully saturated rings. The zero-order valence-corrected chi connectivity index (χ0v) is 11.6. The predicted molar refractivity (Wildman–Crippen MR) is 73.4 cm³/mol. The molecular weight excluding hydrogens is 264 g/mol. The molecule has 0 aliphatic heterocycles. The van der Waals surface area contributed by atoms with Crippen LogP contribution in [0.2, 0.25) is 0 Å². The van der Waals surface area contributed by atoms with Crippen LogP contribution >= 0.6 is 0 Å². The number of nitrogens with one attached hydrogen (secondary N) is 2. The number of urea groups is 1. The number of carbonyl (C=O) groups is 2. The Labute approximate surface area is 116 Å². The maximum atomic E-state index is 11.6. The smallest absolute Gasteiger partial charge is 0.339 e. The molecule has 0 bridgehead atoms. The average Bonchev–Trinajstić information content (AvgIpc) is 2.44. The van der Waals surface area contributed by atoms with Gasteiger partial charge in [-0.15, -0.1) is 0 Å². The van der Waals surface area contributed by atoms with Gasteiger partial charge in [0.15, 0.2) is 0 Å². The van der Waals surface area contributed by atoms with Crippen LogP contribution < -0.4 is 15.4 Å². The fourth-order valence-corrected chi connectivity index (χ4v) is 1.44. The van der Waals surface area contributed by atoms with Crippen molar-refractivity contribution in [3.05, 3.63) is 23.8 Å². The summed E-state index contributed by atoms with van der Waals surface area (Å²) in [6.45, 7) is 2.19. The minimum Gasteiger partial charge on any atom is -0.496 e. The van der Waals surface area contributed by atoms with Crippen LogP contribution in [-0.4, -0.2) is 44.0 Å². The Kier molecular flexibility index (Phi) is 5.79. The lowest BCUT2D eigenvalue weighted by molar-refractivity contribution is 0.0693. The van der Waals surface area contributed by atoms with Crippen LogP contribution in [-0.2, 0) is 4.74 Å². The van der Waals surface area contributed by atoms with Gasteiger partial charge in [0.2, 0.25) is 0 Å². The van der Waals surface area contributed by atoms with E-state index in [-0.39, 0.29) is 17.4 Å². The van der Waals surface area contributed by atoms with E-state index in [0.717, 1.165) is 0 Å². The van der Waals surface area contributed by atoms with Gasteiger partial charge < -0.3 is 25.2 Å². The van der Waals surface area contributed by atoms with E-state index in [0.29, 0.717) is 12.2 Å². The van der Waals surface area contributed by atoms with Crippen LogP contribution in [0.5, 0.6) is 5.75 Å². The number of carbonyl (C=O) groups excluding carboxylic acids is 1. The number of ether oxygens (including phenoxy) is 2. The summed E-state index contributed by atoms with van der Waals surface area (Å²) in [6.07, 6.45) is -0.0929.